The lowest BCUT2D eigenvalue weighted by atomic mass is 10.2. The summed E-state index contributed by atoms with van der Waals surface area (Å²) < 4.78 is 87.9. The van der Waals surface area contributed by atoms with Crippen molar-refractivity contribution in [2.45, 2.75) is 122 Å². The van der Waals surface area contributed by atoms with Crippen molar-refractivity contribution < 1.29 is 65.1 Å². The van der Waals surface area contributed by atoms with E-state index in [4.69, 9.17) is 53.9 Å². The number of benzene rings is 5. The molecule has 3 aromatic heterocycles. The first kappa shape index (κ1) is 71.4. The molecule has 0 radical (unpaired) electrons. The number of halogens is 4. The van der Waals surface area contributed by atoms with Gasteiger partial charge in [0.25, 0.3) is 19.2 Å². The number of aryl methyl sites for hydroxylation is 2. The number of fused-ring (bicyclic) bond motifs is 3. The van der Waals surface area contributed by atoms with Gasteiger partial charge in [-0.25, -0.2) is 8.42 Å². The fourth-order valence-corrected chi connectivity index (χ4v) is 11.9. The van der Waals surface area contributed by atoms with Crippen LogP contribution in [0.1, 0.15) is 53.7 Å². The lowest BCUT2D eigenvalue weighted by molar-refractivity contribution is -0.153. The van der Waals surface area contributed by atoms with Gasteiger partial charge in [0.2, 0.25) is 0 Å². The fourth-order valence-electron chi connectivity index (χ4n) is 8.76. The number of aliphatic hydroxyl groups excluding tert-OH is 4. The standard InChI is InChI=1S/C17H22BrNO4.C17H16BrNO3S.C10H10BrNO.C7H7ClO2S.C7H14O4.2CH4/c1-17(2)22-15(10-20)16(23-17)11-21-9-8-19-7-6-12-13(18)4-3-5-14(12)19;1-13-5-7-14(8-6-13)23(20,21)22-12-11-19-10-9-15-16(18)3-2-4-17(15)19;11-9-2-1-3-10-8(9)4-5-12(10)6-7-13;1-6-2-4-7(5-3-6)11(8,9)10;1-7(2)10-5(3-8)6(4-9)11-7;;/h3-7,15-16,20H,8-11H2,1-2H3;2-10H,11-12H2,1H3;1-5,13H,6-7H2;2-5H,1H3;5-6,8-9H,3-4H2,1-2H3;2*1H4/t15-,16-;;;;5-,6-;;/m0...0../s1. The summed E-state index contributed by atoms with van der Waals surface area (Å²) >= 11 is 10.6. The predicted molar refractivity (Wildman–Crippen MR) is 338 cm³/mol. The number of nitrogens with zero attached hydrogens (tertiary/aromatic N) is 3. The Balaban J connectivity index is 0.000000230. The van der Waals surface area contributed by atoms with Crippen LogP contribution in [0.25, 0.3) is 32.7 Å². The highest BCUT2D eigenvalue weighted by atomic mass is 79.9. The summed E-state index contributed by atoms with van der Waals surface area (Å²) in [6.07, 6.45) is 4.64. The zero-order valence-corrected chi connectivity index (χ0v) is 52.8. The molecular weight excluding hydrogens is 1330 g/mol. The summed E-state index contributed by atoms with van der Waals surface area (Å²) in [6, 6.07) is 37.3. The van der Waals surface area contributed by atoms with Crippen LogP contribution in [-0.4, -0.2) is 133 Å². The van der Waals surface area contributed by atoms with E-state index in [1.807, 2.05) is 97.8 Å². The monoisotopic (exact) mass is 1400 g/mol. The highest BCUT2D eigenvalue weighted by Gasteiger charge is 2.41. The van der Waals surface area contributed by atoms with Crippen molar-refractivity contribution in [3.63, 3.8) is 0 Å². The summed E-state index contributed by atoms with van der Waals surface area (Å²) in [5.74, 6) is -1.34. The molecule has 10 rings (SSSR count). The molecule has 5 heterocycles. The Bertz CT molecular complexity index is 3490. The molecular formula is C60H77Br3ClN3O14S2. The zero-order valence-electron chi connectivity index (χ0n) is 45.7. The van der Waals surface area contributed by atoms with Crippen LogP contribution in [0.4, 0.5) is 0 Å². The van der Waals surface area contributed by atoms with E-state index in [0.29, 0.717) is 26.3 Å². The highest BCUT2D eigenvalue weighted by molar-refractivity contribution is 9.11. The minimum atomic E-state index is -3.71. The molecule has 0 bridgehead atoms. The molecule has 0 amide bonds. The molecule has 8 aromatic rings. The first-order valence-electron chi connectivity index (χ1n) is 25.8. The van der Waals surface area contributed by atoms with Gasteiger partial charge in [-0.05, 0) is 120 Å². The first-order valence-corrected chi connectivity index (χ1v) is 31.9. The summed E-state index contributed by atoms with van der Waals surface area (Å²) in [5.41, 5.74) is 5.39. The van der Waals surface area contributed by atoms with E-state index in [1.54, 1.807) is 50.2 Å². The Kier molecular flexibility index (Phi) is 28.1. The maximum absolute atomic E-state index is 12.2. The van der Waals surface area contributed by atoms with Crippen LogP contribution in [0.5, 0.6) is 0 Å². The maximum atomic E-state index is 12.2. The zero-order chi connectivity index (χ0) is 59.1. The molecule has 17 nitrogen and oxygen atoms in total. The third kappa shape index (κ3) is 20.5. The number of aromatic nitrogens is 3. The number of hydrogen-bond donors (Lipinski definition) is 4. The van der Waals surface area contributed by atoms with E-state index in [1.165, 1.54) is 28.4 Å². The van der Waals surface area contributed by atoms with Crippen molar-refractivity contribution in [1.29, 1.82) is 0 Å². The highest BCUT2D eigenvalue weighted by Crippen LogP contribution is 2.30. The second-order valence-corrected chi connectivity index (χ2v) is 26.4. The largest absolute Gasteiger partial charge is 0.395 e. The Morgan fingerprint density at radius 1 is 0.506 bits per heavy atom. The van der Waals surface area contributed by atoms with E-state index in [-0.39, 0.29) is 69.9 Å². The molecule has 83 heavy (non-hydrogen) atoms. The van der Waals surface area contributed by atoms with Gasteiger partial charge in [-0.15, -0.1) is 0 Å². The molecule has 0 spiro atoms. The van der Waals surface area contributed by atoms with Crippen molar-refractivity contribution in [3.05, 3.63) is 164 Å². The van der Waals surface area contributed by atoms with Crippen molar-refractivity contribution >= 4 is 110 Å². The van der Waals surface area contributed by atoms with Crippen molar-refractivity contribution in [1.82, 2.24) is 13.7 Å². The number of aliphatic hydroxyl groups is 4. The Morgan fingerprint density at radius 2 is 0.855 bits per heavy atom. The van der Waals surface area contributed by atoms with Crippen molar-refractivity contribution in [2.24, 2.45) is 0 Å². The van der Waals surface area contributed by atoms with Gasteiger partial charge in [0.1, 0.15) is 24.4 Å². The van der Waals surface area contributed by atoms with Crippen LogP contribution < -0.4 is 0 Å². The summed E-state index contributed by atoms with van der Waals surface area (Å²) in [6.45, 7) is 13.8. The van der Waals surface area contributed by atoms with E-state index in [2.05, 4.69) is 82.8 Å². The third-order valence-electron chi connectivity index (χ3n) is 12.7. The fraction of sp³-hybridized carbons (Fsp3) is 0.400. The van der Waals surface area contributed by atoms with E-state index in [9.17, 15) is 21.9 Å². The molecule has 2 aliphatic heterocycles. The molecule has 2 fully saturated rings. The van der Waals surface area contributed by atoms with Gasteiger partial charge in [0, 0.05) is 95.0 Å². The van der Waals surface area contributed by atoms with Gasteiger partial charge in [-0.1, -0.05) is 116 Å². The quantitative estimate of drug-likeness (QED) is 0.0402. The molecule has 4 atom stereocenters. The summed E-state index contributed by atoms with van der Waals surface area (Å²) in [5, 5.41) is 39.2. The van der Waals surface area contributed by atoms with Crippen LogP contribution in [0.15, 0.2) is 163 Å². The van der Waals surface area contributed by atoms with E-state index >= 15 is 0 Å². The molecule has 2 aliphatic rings. The second-order valence-electron chi connectivity index (χ2n) is 19.7. The lowest BCUT2D eigenvalue weighted by Gasteiger charge is -2.17. The molecule has 23 heteroatoms. The Labute approximate surface area is 517 Å². The van der Waals surface area contributed by atoms with Gasteiger partial charge in [-0.2, -0.15) is 8.42 Å². The second kappa shape index (κ2) is 32.6. The van der Waals surface area contributed by atoms with Gasteiger partial charge in [0.05, 0.1) is 56.0 Å². The Hall–Kier alpha value is -4.05. The van der Waals surface area contributed by atoms with Crippen LogP contribution in [0.3, 0.4) is 0 Å². The third-order valence-corrected chi connectivity index (χ3v) is 17.4. The molecule has 0 unspecified atom stereocenters. The minimum Gasteiger partial charge on any atom is -0.395 e. The van der Waals surface area contributed by atoms with Gasteiger partial charge in [0.15, 0.2) is 11.6 Å². The molecule has 4 N–H and O–H groups in total. The number of rotatable bonds is 16. The van der Waals surface area contributed by atoms with Gasteiger partial charge >= 0.3 is 0 Å². The first-order chi connectivity index (χ1) is 38.4. The number of ether oxygens (including phenoxy) is 5. The number of hydrogen-bond acceptors (Lipinski definition) is 14. The molecule has 456 valence electrons. The molecule has 0 aliphatic carbocycles. The summed E-state index contributed by atoms with van der Waals surface area (Å²) in [4.78, 5) is 0.327. The molecule has 2 saturated heterocycles. The van der Waals surface area contributed by atoms with Crippen LogP contribution in [0, 0.1) is 13.8 Å². The van der Waals surface area contributed by atoms with Crippen LogP contribution in [0.2, 0.25) is 0 Å². The smallest absolute Gasteiger partial charge is 0.297 e. The van der Waals surface area contributed by atoms with Gasteiger partial charge in [-0.3, -0.25) is 4.18 Å². The Morgan fingerprint density at radius 3 is 1.23 bits per heavy atom. The van der Waals surface area contributed by atoms with Gasteiger partial charge < -0.3 is 57.8 Å². The lowest BCUT2D eigenvalue weighted by Crippen LogP contribution is -2.31. The molecule has 5 aromatic carbocycles. The van der Waals surface area contributed by atoms with Crippen molar-refractivity contribution in [3.8, 4) is 0 Å². The topological polar surface area (TPSA) is 219 Å². The van der Waals surface area contributed by atoms with Crippen LogP contribution in [-0.2, 0) is 66.7 Å². The normalized spacial score (nSPS) is 17.9. The average Bonchev–Trinajstić information content (AvgIpc) is 4.50. The van der Waals surface area contributed by atoms with E-state index in [0.717, 1.165) is 47.5 Å². The maximum Gasteiger partial charge on any atom is 0.297 e. The predicted octanol–water partition coefficient (Wildman–Crippen LogP) is 12.1. The summed E-state index contributed by atoms with van der Waals surface area (Å²) in [7, 11) is -2.18. The van der Waals surface area contributed by atoms with Crippen molar-refractivity contribution in [2.75, 3.05) is 46.2 Å². The SMILES string of the molecule is C.C.CC1(C)O[C@@H](CO)[C@H](CO)O1.CC1(C)O[C@@H](CO)[C@H](COCCn2ccc3c(Br)cccc32)O1.Cc1ccc(S(=O)(=O)Cl)cc1.Cc1ccc(S(=O)(=O)OCCn2ccc3c(Br)cccc32)cc1.OCCn1ccc2c(Br)cccc21. The van der Waals surface area contributed by atoms with Crippen LogP contribution >= 0.6 is 58.5 Å². The van der Waals surface area contributed by atoms with E-state index < -0.39 is 43.0 Å². The minimum absolute atomic E-state index is 0. The average molecular weight is 1400 g/mol. The molecule has 0 saturated carbocycles.